The highest BCUT2D eigenvalue weighted by Gasteiger charge is 2.03. The summed E-state index contributed by atoms with van der Waals surface area (Å²) in [5.41, 5.74) is 1.23. The molecule has 18 heavy (non-hydrogen) atoms. The number of nitrogens with zero attached hydrogens (tertiary/aromatic N) is 1. The molecule has 0 saturated carbocycles. The van der Waals surface area contributed by atoms with E-state index in [4.69, 9.17) is 11.6 Å². The fourth-order valence-corrected chi connectivity index (χ4v) is 2.38. The second kappa shape index (κ2) is 6.26. The molecule has 0 spiro atoms. The van der Waals surface area contributed by atoms with Gasteiger partial charge in [-0.05, 0) is 43.6 Å². The Morgan fingerprint density at radius 1 is 1.28 bits per heavy atom. The van der Waals surface area contributed by atoms with Crippen molar-refractivity contribution in [2.75, 3.05) is 13.1 Å². The fourth-order valence-electron chi connectivity index (χ4n) is 2.15. The van der Waals surface area contributed by atoms with Gasteiger partial charge in [0.1, 0.15) is 0 Å². The number of halogens is 1. The number of hydrogen-bond acceptors (Lipinski definition) is 1. The molecule has 1 aromatic carbocycles. The van der Waals surface area contributed by atoms with Gasteiger partial charge >= 0.3 is 0 Å². The standard InChI is InChI=1S/C15H21ClN2/c1-12(2)11-17-8-4-9-18-10-7-13-14(16)5-3-6-15(13)18/h3,5-7,10,12,17H,4,8-9,11H2,1-2H3. The highest BCUT2D eigenvalue weighted by atomic mass is 35.5. The zero-order valence-electron chi connectivity index (χ0n) is 11.1. The van der Waals surface area contributed by atoms with Gasteiger partial charge in [0.2, 0.25) is 0 Å². The van der Waals surface area contributed by atoms with E-state index in [-0.39, 0.29) is 0 Å². The Morgan fingerprint density at radius 3 is 2.89 bits per heavy atom. The molecule has 0 aliphatic rings. The van der Waals surface area contributed by atoms with Gasteiger partial charge < -0.3 is 9.88 Å². The predicted molar refractivity (Wildman–Crippen MR) is 79.3 cm³/mol. The van der Waals surface area contributed by atoms with Crippen LogP contribution in [0.1, 0.15) is 20.3 Å². The monoisotopic (exact) mass is 264 g/mol. The third-order valence-electron chi connectivity index (χ3n) is 3.07. The molecule has 0 saturated heterocycles. The number of benzene rings is 1. The molecule has 0 unspecified atom stereocenters. The lowest BCUT2D eigenvalue weighted by atomic mass is 10.2. The van der Waals surface area contributed by atoms with Gasteiger partial charge in [-0.15, -0.1) is 0 Å². The van der Waals surface area contributed by atoms with Gasteiger partial charge in [-0.3, -0.25) is 0 Å². The number of aryl methyl sites for hydroxylation is 1. The first-order valence-electron chi connectivity index (χ1n) is 6.62. The summed E-state index contributed by atoms with van der Waals surface area (Å²) in [7, 11) is 0. The van der Waals surface area contributed by atoms with Gasteiger partial charge in [-0.1, -0.05) is 31.5 Å². The van der Waals surface area contributed by atoms with Crippen molar-refractivity contribution in [3.63, 3.8) is 0 Å². The first-order valence-corrected chi connectivity index (χ1v) is 7.00. The van der Waals surface area contributed by atoms with E-state index in [9.17, 15) is 0 Å². The van der Waals surface area contributed by atoms with Gasteiger partial charge in [0, 0.05) is 28.7 Å². The maximum atomic E-state index is 6.16. The summed E-state index contributed by atoms with van der Waals surface area (Å²) >= 11 is 6.16. The largest absolute Gasteiger partial charge is 0.347 e. The molecule has 98 valence electrons. The van der Waals surface area contributed by atoms with Crippen molar-refractivity contribution in [1.29, 1.82) is 0 Å². The second-order valence-corrected chi connectivity index (χ2v) is 5.54. The Labute approximate surface area is 114 Å². The van der Waals surface area contributed by atoms with Gasteiger partial charge in [0.15, 0.2) is 0 Å². The molecule has 1 aromatic heterocycles. The van der Waals surface area contributed by atoms with Crippen LogP contribution < -0.4 is 5.32 Å². The highest BCUT2D eigenvalue weighted by molar-refractivity contribution is 6.35. The van der Waals surface area contributed by atoms with Gasteiger partial charge in [-0.25, -0.2) is 0 Å². The molecule has 1 N–H and O–H groups in total. The van der Waals surface area contributed by atoms with Gasteiger partial charge in [-0.2, -0.15) is 0 Å². The molecule has 3 heteroatoms. The van der Waals surface area contributed by atoms with Crippen molar-refractivity contribution in [2.45, 2.75) is 26.8 Å². The normalized spacial score (nSPS) is 11.6. The molecule has 2 nitrogen and oxygen atoms in total. The molecule has 2 rings (SSSR count). The highest BCUT2D eigenvalue weighted by Crippen LogP contribution is 2.24. The number of nitrogens with one attached hydrogen (secondary N) is 1. The molecular weight excluding hydrogens is 244 g/mol. The van der Waals surface area contributed by atoms with Crippen LogP contribution in [-0.2, 0) is 6.54 Å². The van der Waals surface area contributed by atoms with Crippen molar-refractivity contribution in [1.82, 2.24) is 9.88 Å². The zero-order valence-corrected chi connectivity index (χ0v) is 11.9. The number of fused-ring (bicyclic) bond motifs is 1. The molecule has 0 aliphatic carbocycles. The van der Waals surface area contributed by atoms with Crippen molar-refractivity contribution in [3.8, 4) is 0 Å². The van der Waals surface area contributed by atoms with Crippen LogP contribution in [0.15, 0.2) is 30.5 Å². The average molecular weight is 265 g/mol. The summed E-state index contributed by atoms with van der Waals surface area (Å²) in [5, 5.41) is 5.45. The fraction of sp³-hybridized carbons (Fsp3) is 0.467. The maximum Gasteiger partial charge on any atom is 0.0499 e. The van der Waals surface area contributed by atoms with Crippen molar-refractivity contribution in [2.24, 2.45) is 5.92 Å². The first-order chi connectivity index (χ1) is 8.68. The Hall–Kier alpha value is -0.990. The molecule has 0 amide bonds. The van der Waals surface area contributed by atoms with E-state index in [1.54, 1.807) is 0 Å². The van der Waals surface area contributed by atoms with E-state index in [0.717, 1.165) is 42.4 Å². The molecule has 0 radical (unpaired) electrons. The van der Waals surface area contributed by atoms with Crippen molar-refractivity contribution >= 4 is 22.5 Å². The Kier molecular flexibility index (Phi) is 4.67. The van der Waals surface area contributed by atoms with E-state index in [1.807, 2.05) is 12.1 Å². The molecule has 0 fully saturated rings. The molecular formula is C15H21ClN2. The minimum absolute atomic E-state index is 0.719. The third-order valence-corrected chi connectivity index (χ3v) is 3.40. The van der Waals surface area contributed by atoms with Crippen LogP contribution in [0.5, 0.6) is 0 Å². The lowest BCUT2D eigenvalue weighted by molar-refractivity contribution is 0.525. The Balaban J connectivity index is 1.90. The average Bonchev–Trinajstić information content (AvgIpc) is 2.73. The van der Waals surface area contributed by atoms with E-state index < -0.39 is 0 Å². The molecule has 0 atom stereocenters. The number of aromatic nitrogens is 1. The summed E-state index contributed by atoms with van der Waals surface area (Å²) in [6.45, 7) is 7.66. The van der Waals surface area contributed by atoms with Crippen LogP contribution >= 0.6 is 11.6 Å². The maximum absolute atomic E-state index is 6.16. The minimum atomic E-state index is 0.719. The predicted octanol–water partition coefficient (Wildman–Crippen LogP) is 3.93. The van der Waals surface area contributed by atoms with Crippen LogP contribution in [-0.4, -0.2) is 17.7 Å². The van der Waals surface area contributed by atoms with Crippen LogP contribution in [0.3, 0.4) is 0 Å². The minimum Gasteiger partial charge on any atom is -0.347 e. The zero-order chi connectivity index (χ0) is 13.0. The van der Waals surface area contributed by atoms with Crippen LogP contribution in [0.2, 0.25) is 5.02 Å². The van der Waals surface area contributed by atoms with Crippen LogP contribution in [0.25, 0.3) is 10.9 Å². The quantitative estimate of drug-likeness (QED) is 0.783. The molecule has 0 bridgehead atoms. The summed E-state index contributed by atoms with van der Waals surface area (Å²) in [5.74, 6) is 0.719. The Morgan fingerprint density at radius 2 is 2.11 bits per heavy atom. The van der Waals surface area contributed by atoms with Crippen LogP contribution in [0.4, 0.5) is 0 Å². The topological polar surface area (TPSA) is 17.0 Å². The van der Waals surface area contributed by atoms with Crippen LogP contribution in [0, 0.1) is 5.92 Å². The molecule has 0 aliphatic heterocycles. The number of rotatable bonds is 6. The third kappa shape index (κ3) is 3.27. The van der Waals surface area contributed by atoms with E-state index in [0.29, 0.717) is 0 Å². The van der Waals surface area contributed by atoms with Crippen molar-refractivity contribution < 1.29 is 0 Å². The lowest BCUT2D eigenvalue weighted by Gasteiger charge is -2.08. The van der Waals surface area contributed by atoms with Crippen molar-refractivity contribution in [3.05, 3.63) is 35.5 Å². The van der Waals surface area contributed by atoms with E-state index >= 15 is 0 Å². The Bertz CT molecular complexity index is 502. The first kappa shape index (κ1) is 13.4. The molecule has 1 heterocycles. The van der Waals surface area contributed by atoms with E-state index in [2.05, 4.69) is 42.1 Å². The number of hydrogen-bond donors (Lipinski definition) is 1. The van der Waals surface area contributed by atoms with Gasteiger partial charge in [0.05, 0.1) is 0 Å². The lowest BCUT2D eigenvalue weighted by Crippen LogP contribution is -2.21. The van der Waals surface area contributed by atoms with Gasteiger partial charge in [0.25, 0.3) is 0 Å². The molecule has 2 aromatic rings. The summed E-state index contributed by atoms with van der Waals surface area (Å²) in [4.78, 5) is 0. The summed E-state index contributed by atoms with van der Waals surface area (Å²) in [6.07, 6.45) is 3.27. The van der Waals surface area contributed by atoms with E-state index in [1.165, 1.54) is 5.52 Å². The SMILES string of the molecule is CC(C)CNCCCn1ccc2c(Cl)cccc21. The summed E-state index contributed by atoms with van der Waals surface area (Å²) < 4.78 is 2.28. The second-order valence-electron chi connectivity index (χ2n) is 5.13. The smallest absolute Gasteiger partial charge is 0.0499 e. The summed E-state index contributed by atoms with van der Waals surface area (Å²) in [6, 6.07) is 8.18.